The highest BCUT2D eigenvalue weighted by molar-refractivity contribution is 7.20. The number of rotatable bonds is 5. The van der Waals surface area contributed by atoms with Gasteiger partial charge in [-0.25, -0.2) is 4.79 Å². The smallest absolute Gasteiger partial charge is 0.335 e. The number of amides is 1. The highest BCUT2D eigenvalue weighted by atomic mass is 35.5. The first-order valence-corrected chi connectivity index (χ1v) is 9.58. The quantitative estimate of drug-likeness (QED) is 0.797. The van der Waals surface area contributed by atoms with Crippen LogP contribution in [0.3, 0.4) is 0 Å². The van der Waals surface area contributed by atoms with E-state index in [1.54, 1.807) is 17.0 Å². The Hall–Kier alpha value is -1.56. The van der Waals surface area contributed by atoms with E-state index in [0.29, 0.717) is 34.6 Å². The SMILES string of the molecule is O=C(O)c1ccc2c(c1)CN(C(=O)CCCc1cc(Cl)sc1Cl)CC2. The number of hydrogen-bond donors (Lipinski definition) is 1. The Labute approximate surface area is 160 Å². The van der Waals surface area contributed by atoms with Crippen LogP contribution in [0.1, 0.15) is 39.9 Å². The first kappa shape index (κ1) is 18.2. The summed E-state index contributed by atoms with van der Waals surface area (Å²) in [6, 6.07) is 6.99. The minimum absolute atomic E-state index is 0.0869. The van der Waals surface area contributed by atoms with Crippen molar-refractivity contribution in [3.8, 4) is 0 Å². The van der Waals surface area contributed by atoms with Crippen LogP contribution in [-0.2, 0) is 24.2 Å². The zero-order valence-electron chi connectivity index (χ0n) is 13.4. The first-order valence-electron chi connectivity index (χ1n) is 8.00. The molecule has 2 aromatic rings. The Kier molecular flexibility index (Phi) is 5.67. The van der Waals surface area contributed by atoms with Crippen molar-refractivity contribution >= 4 is 46.4 Å². The molecule has 0 atom stereocenters. The minimum Gasteiger partial charge on any atom is -0.478 e. The molecule has 0 bridgehead atoms. The lowest BCUT2D eigenvalue weighted by Gasteiger charge is -2.29. The zero-order valence-corrected chi connectivity index (χ0v) is 15.8. The van der Waals surface area contributed by atoms with E-state index < -0.39 is 5.97 Å². The van der Waals surface area contributed by atoms with Crippen LogP contribution < -0.4 is 0 Å². The second kappa shape index (κ2) is 7.77. The lowest BCUT2D eigenvalue weighted by atomic mass is 9.97. The standard InChI is InChI=1S/C18H17Cl2NO3S/c19-15-9-12(17(20)25-15)2-1-3-16(22)21-7-6-11-4-5-13(18(23)24)8-14(11)10-21/h4-5,8-9H,1-3,6-7,10H2,(H,23,24). The van der Waals surface area contributed by atoms with E-state index in [1.807, 2.05) is 12.1 Å². The van der Waals surface area contributed by atoms with E-state index in [0.717, 1.165) is 29.5 Å². The number of benzene rings is 1. The molecule has 1 aliphatic heterocycles. The average molecular weight is 398 g/mol. The van der Waals surface area contributed by atoms with Gasteiger partial charge in [0, 0.05) is 19.5 Å². The van der Waals surface area contributed by atoms with Crippen molar-refractivity contribution in [1.82, 2.24) is 4.90 Å². The lowest BCUT2D eigenvalue weighted by molar-refractivity contribution is -0.132. The summed E-state index contributed by atoms with van der Waals surface area (Å²) < 4.78 is 1.35. The predicted octanol–water partition coefficient (Wildman–Crippen LogP) is 4.66. The van der Waals surface area contributed by atoms with Crippen LogP contribution in [0.5, 0.6) is 0 Å². The number of carbonyl (C=O) groups excluding carboxylic acids is 1. The zero-order chi connectivity index (χ0) is 18.0. The van der Waals surface area contributed by atoms with Crippen molar-refractivity contribution in [3.05, 3.63) is 55.2 Å². The second-order valence-electron chi connectivity index (χ2n) is 6.06. The maximum absolute atomic E-state index is 12.5. The molecular weight excluding hydrogens is 381 g/mol. The molecule has 1 aliphatic rings. The van der Waals surface area contributed by atoms with E-state index in [9.17, 15) is 9.59 Å². The van der Waals surface area contributed by atoms with Crippen molar-refractivity contribution < 1.29 is 14.7 Å². The largest absolute Gasteiger partial charge is 0.478 e. The first-order chi connectivity index (χ1) is 11.9. The lowest BCUT2D eigenvalue weighted by Crippen LogP contribution is -2.36. The molecule has 0 unspecified atom stereocenters. The molecule has 1 N–H and O–H groups in total. The fourth-order valence-corrected chi connectivity index (χ4v) is 4.58. The number of aromatic carboxylic acids is 1. The van der Waals surface area contributed by atoms with Crippen LogP contribution in [0.2, 0.25) is 8.67 Å². The second-order valence-corrected chi connectivity index (χ2v) is 8.34. The molecule has 25 heavy (non-hydrogen) atoms. The van der Waals surface area contributed by atoms with Gasteiger partial charge in [-0.1, -0.05) is 29.3 Å². The maximum Gasteiger partial charge on any atom is 0.335 e. The van der Waals surface area contributed by atoms with E-state index in [4.69, 9.17) is 28.3 Å². The molecule has 1 aromatic heterocycles. The third kappa shape index (κ3) is 4.35. The summed E-state index contributed by atoms with van der Waals surface area (Å²) in [5, 5.41) is 9.11. The molecule has 3 rings (SSSR count). The number of carboxylic acids is 1. The van der Waals surface area contributed by atoms with Crippen molar-refractivity contribution in [2.75, 3.05) is 6.54 Å². The molecule has 0 spiro atoms. The van der Waals surface area contributed by atoms with Crippen molar-refractivity contribution in [2.45, 2.75) is 32.2 Å². The van der Waals surface area contributed by atoms with Gasteiger partial charge in [0.25, 0.3) is 0 Å². The fourth-order valence-electron chi connectivity index (χ4n) is 3.04. The highest BCUT2D eigenvalue weighted by Crippen LogP contribution is 2.32. The number of thiophene rings is 1. The number of carboxylic acid groups (broad SMARTS) is 1. The Morgan fingerprint density at radius 1 is 1.20 bits per heavy atom. The molecule has 7 heteroatoms. The van der Waals surface area contributed by atoms with Crippen molar-refractivity contribution in [1.29, 1.82) is 0 Å². The van der Waals surface area contributed by atoms with Gasteiger partial charge in [-0.2, -0.15) is 0 Å². The van der Waals surface area contributed by atoms with Gasteiger partial charge in [0.05, 0.1) is 14.2 Å². The van der Waals surface area contributed by atoms with Crippen LogP contribution in [0.15, 0.2) is 24.3 Å². The summed E-state index contributed by atoms with van der Waals surface area (Å²) >= 11 is 13.4. The van der Waals surface area contributed by atoms with E-state index >= 15 is 0 Å². The van der Waals surface area contributed by atoms with Gasteiger partial charge in [0.15, 0.2) is 0 Å². The Balaban J connectivity index is 1.57. The van der Waals surface area contributed by atoms with Gasteiger partial charge in [-0.15, -0.1) is 11.3 Å². The molecule has 0 saturated carbocycles. The van der Waals surface area contributed by atoms with Crippen LogP contribution in [0.25, 0.3) is 0 Å². The molecule has 0 radical (unpaired) electrons. The molecule has 0 fully saturated rings. The van der Waals surface area contributed by atoms with Crippen molar-refractivity contribution in [3.63, 3.8) is 0 Å². The number of hydrogen-bond acceptors (Lipinski definition) is 3. The summed E-state index contributed by atoms with van der Waals surface area (Å²) in [5.74, 6) is -0.860. The van der Waals surface area contributed by atoms with Gasteiger partial charge in [-0.05, 0) is 54.2 Å². The summed E-state index contributed by atoms with van der Waals surface area (Å²) in [6.45, 7) is 1.14. The highest BCUT2D eigenvalue weighted by Gasteiger charge is 2.21. The number of fused-ring (bicyclic) bond motifs is 1. The topological polar surface area (TPSA) is 57.6 Å². The maximum atomic E-state index is 12.5. The molecule has 2 heterocycles. The number of aryl methyl sites for hydroxylation is 1. The normalized spacial score (nSPS) is 13.6. The molecule has 0 saturated heterocycles. The van der Waals surface area contributed by atoms with Gasteiger partial charge < -0.3 is 10.0 Å². The minimum atomic E-state index is -0.947. The van der Waals surface area contributed by atoms with Crippen LogP contribution >= 0.6 is 34.5 Å². The third-order valence-corrected chi connectivity index (χ3v) is 5.95. The Bertz CT molecular complexity index is 819. The van der Waals surface area contributed by atoms with Gasteiger partial charge in [-0.3, -0.25) is 4.79 Å². The van der Waals surface area contributed by atoms with Gasteiger partial charge in [0.2, 0.25) is 5.91 Å². The molecule has 0 aliphatic carbocycles. The summed E-state index contributed by atoms with van der Waals surface area (Å²) in [7, 11) is 0. The monoisotopic (exact) mass is 397 g/mol. The summed E-state index contributed by atoms with van der Waals surface area (Å²) in [6.07, 6.45) is 2.64. The van der Waals surface area contributed by atoms with Crippen LogP contribution in [0.4, 0.5) is 0 Å². The molecule has 1 amide bonds. The van der Waals surface area contributed by atoms with Crippen molar-refractivity contribution in [2.24, 2.45) is 0 Å². The molecule has 1 aromatic carbocycles. The van der Waals surface area contributed by atoms with E-state index in [-0.39, 0.29) is 11.5 Å². The average Bonchev–Trinajstić information content (AvgIpc) is 2.91. The third-order valence-electron chi connectivity index (χ3n) is 4.38. The molecular formula is C18H17Cl2NO3S. The van der Waals surface area contributed by atoms with Crippen LogP contribution in [-0.4, -0.2) is 28.4 Å². The predicted molar refractivity (Wildman–Crippen MR) is 99.8 cm³/mol. The van der Waals surface area contributed by atoms with E-state index in [1.165, 1.54) is 11.3 Å². The number of nitrogens with zero attached hydrogens (tertiary/aromatic N) is 1. The van der Waals surface area contributed by atoms with Crippen LogP contribution in [0, 0.1) is 0 Å². The number of carbonyl (C=O) groups is 2. The summed E-state index contributed by atoms with van der Waals surface area (Å²) in [5.41, 5.74) is 3.29. The Morgan fingerprint density at radius 3 is 2.68 bits per heavy atom. The van der Waals surface area contributed by atoms with E-state index in [2.05, 4.69) is 0 Å². The number of halogens is 2. The van der Waals surface area contributed by atoms with Gasteiger partial charge >= 0.3 is 5.97 Å². The molecule has 4 nitrogen and oxygen atoms in total. The molecule has 132 valence electrons. The Morgan fingerprint density at radius 2 is 2.00 bits per heavy atom. The summed E-state index contributed by atoms with van der Waals surface area (Å²) in [4.78, 5) is 25.4. The van der Waals surface area contributed by atoms with Gasteiger partial charge in [0.1, 0.15) is 0 Å². The fraction of sp³-hybridized carbons (Fsp3) is 0.333.